The predicted octanol–water partition coefficient (Wildman–Crippen LogP) is -0.717. The van der Waals surface area contributed by atoms with Crippen molar-refractivity contribution < 1.29 is 0 Å². The second-order valence-electron chi connectivity index (χ2n) is 1.76. The highest BCUT2D eigenvalue weighted by Crippen LogP contribution is 1.76. The van der Waals surface area contributed by atoms with Gasteiger partial charge in [-0.1, -0.05) is 10.6 Å². The molecule has 36 valence electrons. The van der Waals surface area contributed by atoms with Crippen molar-refractivity contribution in [1.82, 2.24) is 4.57 Å². The molecule has 0 bridgehead atoms. The Morgan fingerprint density at radius 2 is 2.43 bits per heavy atom. The molecule has 0 aliphatic rings. The van der Waals surface area contributed by atoms with Crippen LogP contribution < -0.4 is 4.56 Å². The Balaban J connectivity index is 3.12. The van der Waals surface area contributed by atoms with Gasteiger partial charge in [-0.3, -0.25) is 0 Å². The van der Waals surface area contributed by atoms with Crippen molar-refractivity contribution in [2.24, 2.45) is 7.05 Å². The number of hydrogen-bond donors (Lipinski definition) is 0. The summed E-state index contributed by atoms with van der Waals surface area (Å²) in [4.78, 5) is 0. The summed E-state index contributed by atoms with van der Waals surface area (Å²) in [5.74, 6) is 0. The zero-order valence-electron chi connectivity index (χ0n) is 4.68. The van der Waals surface area contributed by atoms with Crippen LogP contribution in [0.2, 0.25) is 0 Å². The number of aryl methyl sites for hydroxylation is 1. The molecule has 2 heteroatoms. The SMILES string of the molecule is Cn1ccc[c]1[AlH2]. The number of aromatic nitrogens is 1. The molecular formula is C5H8AlN. The van der Waals surface area contributed by atoms with E-state index in [1.54, 1.807) is 0 Å². The normalized spacial score (nSPS) is 9.29. The van der Waals surface area contributed by atoms with E-state index in [2.05, 4.69) is 29.9 Å². The highest BCUT2D eigenvalue weighted by molar-refractivity contribution is 6.30. The van der Waals surface area contributed by atoms with E-state index in [0.29, 0.717) is 0 Å². The quantitative estimate of drug-likeness (QED) is 0.388. The summed E-state index contributed by atoms with van der Waals surface area (Å²) in [5.41, 5.74) is 0. The van der Waals surface area contributed by atoms with Gasteiger partial charge in [0.05, 0.1) is 0 Å². The van der Waals surface area contributed by atoms with E-state index in [1.165, 1.54) is 4.56 Å². The Bertz CT molecular complexity index is 140. The molecule has 1 aromatic rings. The smallest absolute Gasteiger partial charge is 0.286 e. The van der Waals surface area contributed by atoms with Crippen molar-refractivity contribution in [2.75, 3.05) is 0 Å². The fraction of sp³-hybridized carbons (Fsp3) is 0.200. The van der Waals surface area contributed by atoms with Gasteiger partial charge in [-0.05, 0) is 6.07 Å². The van der Waals surface area contributed by atoms with Crippen molar-refractivity contribution in [3.63, 3.8) is 0 Å². The predicted molar refractivity (Wildman–Crippen MR) is 33.6 cm³/mol. The second-order valence-corrected chi connectivity index (χ2v) is 2.79. The molecule has 7 heavy (non-hydrogen) atoms. The van der Waals surface area contributed by atoms with Crippen LogP contribution in [0.1, 0.15) is 0 Å². The maximum Gasteiger partial charge on any atom is 0.286 e. The van der Waals surface area contributed by atoms with E-state index in [9.17, 15) is 0 Å². The van der Waals surface area contributed by atoms with Crippen LogP contribution in [0.5, 0.6) is 0 Å². The van der Waals surface area contributed by atoms with Gasteiger partial charge in [0.15, 0.2) is 0 Å². The van der Waals surface area contributed by atoms with E-state index in [-0.39, 0.29) is 0 Å². The van der Waals surface area contributed by atoms with Gasteiger partial charge >= 0.3 is 0 Å². The van der Waals surface area contributed by atoms with Crippen LogP contribution in [0.3, 0.4) is 0 Å². The first-order valence-corrected chi connectivity index (χ1v) is 3.38. The molecule has 0 N–H and O–H groups in total. The molecule has 1 rings (SSSR count). The van der Waals surface area contributed by atoms with Gasteiger partial charge in [0.1, 0.15) is 0 Å². The summed E-state index contributed by atoms with van der Waals surface area (Å²) < 4.78 is 3.59. The molecule has 0 unspecified atom stereocenters. The molecular weight excluding hydrogens is 101 g/mol. The highest BCUT2D eigenvalue weighted by atomic mass is 27.0. The molecule has 0 saturated carbocycles. The molecule has 1 aromatic heterocycles. The first kappa shape index (κ1) is 4.96. The second kappa shape index (κ2) is 1.73. The average molecular weight is 109 g/mol. The zero-order valence-corrected chi connectivity index (χ0v) is 6.68. The third kappa shape index (κ3) is 0.877. The Morgan fingerprint density at radius 3 is 2.57 bits per heavy atom. The van der Waals surface area contributed by atoms with Gasteiger partial charge < -0.3 is 4.57 Å². The van der Waals surface area contributed by atoms with Crippen molar-refractivity contribution in [2.45, 2.75) is 0 Å². The monoisotopic (exact) mass is 109 g/mol. The van der Waals surface area contributed by atoms with Gasteiger partial charge in [-0.25, -0.2) is 0 Å². The molecule has 1 heterocycles. The summed E-state index contributed by atoms with van der Waals surface area (Å²) in [6.07, 6.45) is 2.07. The van der Waals surface area contributed by atoms with E-state index >= 15 is 0 Å². The van der Waals surface area contributed by atoms with Crippen molar-refractivity contribution >= 4 is 20.8 Å². The summed E-state index contributed by atoms with van der Waals surface area (Å²) in [7, 11) is 2.07. The van der Waals surface area contributed by atoms with Crippen LogP contribution in [0, 0.1) is 0 Å². The first-order valence-electron chi connectivity index (χ1n) is 2.38. The molecule has 0 aromatic carbocycles. The lowest BCUT2D eigenvalue weighted by atomic mass is 10.7. The molecule has 0 aliphatic heterocycles. The lowest BCUT2D eigenvalue weighted by molar-refractivity contribution is 0.959. The van der Waals surface area contributed by atoms with Gasteiger partial charge in [-0.2, -0.15) is 0 Å². The highest BCUT2D eigenvalue weighted by Gasteiger charge is 1.82. The Morgan fingerprint density at radius 1 is 1.71 bits per heavy atom. The fourth-order valence-corrected chi connectivity index (χ4v) is 0.888. The van der Waals surface area contributed by atoms with Gasteiger partial charge in [0, 0.05) is 13.2 Å². The van der Waals surface area contributed by atoms with Crippen molar-refractivity contribution in [3.05, 3.63) is 18.3 Å². The van der Waals surface area contributed by atoms with E-state index < -0.39 is 0 Å². The zero-order chi connectivity index (χ0) is 5.28. The summed E-state index contributed by atoms with van der Waals surface area (Å²) in [5, 5.41) is 0. The Labute approximate surface area is 51.4 Å². The lowest BCUT2D eigenvalue weighted by Crippen LogP contribution is -2.10. The Kier molecular flexibility index (Phi) is 1.23. The van der Waals surface area contributed by atoms with Crippen molar-refractivity contribution in [1.29, 1.82) is 0 Å². The molecule has 0 saturated heterocycles. The number of nitrogens with zero attached hydrogens (tertiary/aromatic N) is 1. The molecule has 0 aliphatic carbocycles. The summed E-state index contributed by atoms with van der Waals surface area (Å²) in [6, 6.07) is 4.22. The van der Waals surface area contributed by atoms with Crippen LogP contribution in [-0.4, -0.2) is 20.9 Å². The standard InChI is InChI=1S/C5H6N.Al.2H/c1-6-4-2-3-5-6;;;/h2-4H,1H3;;;. The van der Waals surface area contributed by atoms with Gasteiger partial charge in [0.25, 0.3) is 16.3 Å². The van der Waals surface area contributed by atoms with Gasteiger partial charge in [-0.15, -0.1) is 0 Å². The van der Waals surface area contributed by atoms with E-state index in [4.69, 9.17) is 0 Å². The summed E-state index contributed by atoms with van der Waals surface area (Å²) in [6.45, 7) is 0. The third-order valence-corrected chi connectivity index (χ3v) is 2.24. The van der Waals surface area contributed by atoms with Crippen LogP contribution in [0.4, 0.5) is 0 Å². The molecule has 0 spiro atoms. The van der Waals surface area contributed by atoms with Crippen LogP contribution in [-0.2, 0) is 7.05 Å². The van der Waals surface area contributed by atoms with E-state index in [0.717, 1.165) is 16.3 Å². The largest absolute Gasteiger partial charge is 0.371 e. The first-order chi connectivity index (χ1) is 3.30. The molecule has 0 radical (unpaired) electrons. The molecule has 0 atom stereocenters. The van der Waals surface area contributed by atoms with Crippen molar-refractivity contribution in [3.8, 4) is 0 Å². The molecule has 0 fully saturated rings. The topological polar surface area (TPSA) is 4.93 Å². The van der Waals surface area contributed by atoms with Crippen LogP contribution in [0.15, 0.2) is 18.3 Å². The molecule has 0 amide bonds. The molecule has 1 nitrogen and oxygen atoms in total. The Hall–Kier alpha value is -0.188. The lowest BCUT2D eigenvalue weighted by Gasteiger charge is -1.90. The van der Waals surface area contributed by atoms with Crippen LogP contribution in [0.25, 0.3) is 0 Å². The maximum atomic E-state index is 2.15. The number of hydrogen-bond acceptors (Lipinski definition) is 0. The average Bonchev–Trinajstić information content (AvgIpc) is 1.91. The van der Waals surface area contributed by atoms with Crippen LogP contribution >= 0.6 is 0 Å². The van der Waals surface area contributed by atoms with Gasteiger partial charge in [0.2, 0.25) is 0 Å². The van der Waals surface area contributed by atoms with E-state index in [1.807, 2.05) is 0 Å². The summed E-state index contributed by atoms with van der Waals surface area (Å²) >= 11 is 1.16. The minimum Gasteiger partial charge on any atom is -0.371 e. The minimum atomic E-state index is 1.16. The maximum absolute atomic E-state index is 2.15. The number of rotatable bonds is 0. The minimum absolute atomic E-state index is 1.16. The fourth-order valence-electron chi connectivity index (χ4n) is 0.547. The third-order valence-electron chi connectivity index (χ3n) is 1.20.